The first kappa shape index (κ1) is 11.9. The predicted octanol–water partition coefficient (Wildman–Crippen LogP) is 1.33. The molecule has 4 nitrogen and oxygen atoms in total. The van der Waals surface area contributed by atoms with Gasteiger partial charge in [0.15, 0.2) is 0 Å². The zero-order chi connectivity index (χ0) is 12.6. The topological polar surface area (TPSA) is 52.9 Å². The van der Waals surface area contributed by atoms with Crippen molar-refractivity contribution in [2.45, 2.75) is 19.3 Å². The summed E-state index contributed by atoms with van der Waals surface area (Å²) in [6.45, 7) is 2.85. The number of benzene rings is 1. The Balaban J connectivity index is 2.58. The molecular formula is C13H19N3O. The molecule has 1 atom stereocenters. The molecule has 4 heteroatoms. The van der Waals surface area contributed by atoms with Crippen molar-refractivity contribution < 1.29 is 0 Å². The fraction of sp³-hybridized carbons (Fsp3) is 0.462. The monoisotopic (exact) mass is 233 g/mol. The van der Waals surface area contributed by atoms with E-state index in [0.29, 0.717) is 12.5 Å². The SMILES string of the molecule is CC(CCN)c1ccc2c(c1)n(C)c(=O)n2C. The Hall–Kier alpha value is -1.55. The van der Waals surface area contributed by atoms with Gasteiger partial charge in [-0.3, -0.25) is 9.13 Å². The third-order valence-electron chi connectivity index (χ3n) is 3.46. The summed E-state index contributed by atoms with van der Waals surface area (Å²) in [7, 11) is 3.61. The van der Waals surface area contributed by atoms with Crippen LogP contribution in [0.15, 0.2) is 23.0 Å². The van der Waals surface area contributed by atoms with E-state index in [4.69, 9.17) is 5.73 Å². The first-order valence-electron chi connectivity index (χ1n) is 5.91. The molecule has 1 aromatic heterocycles. The molecule has 0 amide bonds. The van der Waals surface area contributed by atoms with Crippen molar-refractivity contribution in [3.63, 3.8) is 0 Å². The van der Waals surface area contributed by atoms with Gasteiger partial charge in [0.2, 0.25) is 0 Å². The molecule has 92 valence electrons. The van der Waals surface area contributed by atoms with Crippen molar-refractivity contribution in [3.8, 4) is 0 Å². The predicted molar refractivity (Wildman–Crippen MR) is 70.2 cm³/mol. The third-order valence-corrected chi connectivity index (χ3v) is 3.46. The maximum Gasteiger partial charge on any atom is 0.328 e. The number of nitrogens with zero attached hydrogens (tertiary/aromatic N) is 2. The lowest BCUT2D eigenvalue weighted by atomic mass is 9.97. The van der Waals surface area contributed by atoms with Crippen molar-refractivity contribution in [1.82, 2.24) is 9.13 Å². The number of hydrogen-bond acceptors (Lipinski definition) is 2. The van der Waals surface area contributed by atoms with Gasteiger partial charge < -0.3 is 5.73 Å². The lowest BCUT2D eigenvalue weighted by Gasteiger charge is -2.10. The number of aryl methyl sites for hydroxylation is 2. The molecule has 2 N–H and O–H groups in total. The fourth-order valence-electron chi connectivity index (χ4n) is 2.25. The summed E-state index contributed by atoms with van der Waals surface area (Å²) in [6, 6.07) is 6.19. The lowest BCUT2D eigenvalue weighted by molar-refractivity contribution is 0.690. The maximum atomic E-state index is 11.8. The molecule has 0 aliphatic carbocycles. The molecule has 1 aromatic carbocycles. The van der Waals surface area contributed by atoms with Crippen LogP contribution in [0, 0.1) is 0 Å². The summed E-state index contributed by atoms with van der Waals surface area (Å²) in [5.74, 6) is 0.430. The van der Waals surface area contributed by atoms with Crippen molar-refractivity contribution in [1.29, 1.82) is 0 Å². The Morgan fingerprint density at radius 3 is 2.53 bits per heavy atom. The van der Waals surface area contributed by atoms with Gasteiger partial charge in [-0.1, -0.05) is 13.0 Å². The molecule has 1 unspecified atom stereocenters. The largest absolute Gasteiger partial charge is 0.330 e. The fourth-order valence-corrected chi connectivity index (χ4v) is 2.25. The molecule has 17 heavy (non-hydrogen) atoms. The molecule has 0 spiro atoms. The van der Waals surface area contributed by atoms with Gasteiger partial charge in [-0.2, -0.15) is 0 Å². The van der Waals surface area contributed by atoms with Gasteiger partial charge in [0.1, 0.15) is 0 Å². The van der Waals surface area contributed by atoms with Crippen LogP contribution in [-0.2, 0) is 14.1 Å². The second-order valence-electron chi connectivity index (χ2n) is 4.63. The highest BCUT2D eigenvalue weighted by molar-refractivity contribution is 5.77. The second kappa shape index (κ2) is 4.37. The van der Waals surface area contributed by atoms with Crippen molar-refractivity contribution in [2.24, 2.45) is 19.8 Å². The van der Waals surface area contributed by atoms with E-state index in [0.717, 1.165) is 17.5 Å². The number of nitrogens with two attached hydrogens (primary N) is 1. The Morgan fingerprint density at radius 2 is 1.88 bits per heavy atom. The third kappa shape index (κ3) is 1.89. The quantitative estimate of drug-likeness (QED) is 0.869. The summed E-state index contributed by atoms with van der Waals surface area (Å²) in [4.78, 5) is 11.8. The van der Waals surface area contributed by atoms with Crippen molar-refractivity contribution >= 4 is 11.0 Å². The van der Waals surface area contributed by atoms with E-state index in [1.807, 2.05) is 13.1 Å². The summed E-state index contributed by atoms with van der Waals surface area (Å²) >= 11 is 0. The number of fused-ring (bicyclic) bond motifs is 1. The summed E-state index contributed by atoms with van der Waals surface area (Å²) < 4.78 is 3.36. The van der Waals surface area contributed by atoms with Crippen molar-refractivity contribution in [3.05, 3.63) is 34.2 Å². The average Bonchev–Trinajstić information content (AvgIpc) is 2.55. The Labute approximate surface area is 101 Å². The molecule has 0 aliphatic heterocycles. The van der Waals surface area contributed by atoms with Crippen LogP contribution in [-0.4, -0.2) is 15.7 Å². The number of rotatable bonds is 3. The Morgan fingerprint density at radius 1 is 1.24 bits per heavy atom. The summed E-state index contributed by atoms with van der Waals surface area (Å²) in [5.41, 5.74) is 8.79. The van der Waals surface area contributed by atoms with Crippen molar-refractivity contribution in [2.75, 3.05) is 6.54 Å². The number of imidazole rings is 1. The normalized spacial score (nSPS) is 13.2. The van der Waals surface area contributed by atoms with Gasteiger partial charge in [0.05, 0.1) is 11.0 Å². The first-order chi connectivity index (χ1) is 8.06. The van der Waals surface area contributed by atoms with E-state index >= 15 is 0 Å². The number of aromatic nitrogens is 2. The minimum absolute atomic E-state index is 0.0172. The van der Waals surface area contributed by atoms with Crippen LogP contribution in [0.5, 0.6) is 0 Å². The molecule has 2 rings (SSSR count). The molecule has 0 radical (unpaired) electrons. The van der Waals surface area contributed by atoms with E-state index in [1.54, 1.807) is 16.2 Å². The molecule has 0 fully saturated rings. The van der Waals surface area contributed by atoms with Gasteiger partial charge in [-0.15, -0.1) is 0 Å². The molecule has 0 aliphatic rings. The van der Waals surface area contributed by atoms with Gasteiger partial charge in [0.25, 0.3) is 0 Å². The van der Waals surface area contributed by atoms with E-state index < -0.39 is 0 Å². The summed E-state index contributed by atoms with van der Waals surface area (Å²) in [5, 5.41) is 0. The molecule has 0 bridgehead atoms. The maximum absolute atomic E-state index is 11.8. The molecule has 0 saturated carbocycles. The van der Waals surface area contributed by atoms with Crippen LogP contribution in [0.25, 0.3) is 11.0 Å². The standard InChI is InChI=1S/C13H19N3O/c1-9(6-7-14)10-4-5-11-12(8-10)16(3)13(17)15(11)2/h4-5,8-9H,6-7,14H2,1-3H3. The highest BCUT2D eigenvalue weighted by atomic mass is 16.1. The zero-order valence-corrected chi connectivity index (χ0v) is 10.6. The molecular weight excluding hydrogens is 214 g/mol. The minimum Gasteiger partial charge on any atom is -0.330 e. The highest BCUT2D eigenvalue weighted by Gasteiger charge is 2.10. The zero-order valence-electron chi connectivity index (χ0n) is 10.6. The van der Waals surface area contributed by atoms with Crippen LogP contribution >= 0.6 is 0 Å². The van der Waals surface area contributed by atoms with E-state index in [9.17, 15) is 4.79 Å². The highest BCUT2D eigenvalue weighted by Crippen LogP contribution is 2.22. The van der Waals surface area contributed by atoms with E-state index in [-0.39, 0.29) is 5.69 Å². The van der Waals surface area contributed by atoms with Gasteiger partial charge in [-0.25, -0.2) is 4.79 Å². The Bertz CT molecular complexity index is 594. The Kier molecular flexibility index (Phi) is 3.07. The number of hydrogen-bond donors (Lipinski definition) is 1. The minimum atomic E-state index is 0.0172. The van der Waals surface area contributed by atoms with E-state index in [1.165, 1.54) is 5.56 Å². The first-order valence-corrected chi connectivity index (χ1v) is 5.91. The van der Waals surface area contributed by atoms with Gasteiger partial charge in [0, 0.05) is 14.1 Å². The molecule has 1 heterocycles. The van der Waals surface area contributed by atoms with Gasteiger partial charge in [-0.05, 0) is 36.6 Å². The van der Waals surface area contributed by atoms with Crippen LogP contribution < -0.4 is 11.4 Å². The van der Waals surface area contributed by atoms with Crippen LogP contribution in [0.1, 0.15) is 24.8 Å². The lowest BCUT2D eigenvalue weighted by Crippen LogP contribution is -2.19. The second-order valence-corrected chi connectivity index (χ2v) is 4.63. The summed E-state index contributed by atoms with van der Waals surface area (Å²) in [6.07, 6.45) is 0.965. The smallest absolute Gasteiger partial charge is 0.328 e. The van der Waals surface area contributed by atoms with Gasteiger partial charge >= 0.3 is 5.69 Å². The van der Waals surface area contributed by atoms with Crippen LogP contribution in [0.2, 0.25) is 0 Å². The van der Waals surface area contributed by atoms with Crippen LogP contribution in [0.4, 0.5) is 0 Å². The molecule has 0 saturated heterocycles. The van der Waals surface area contributed by atoms with Crippen LogP contribution in [0.3, 0.4) is 0 Å². The van der Waals surface area contributed by atoms with E-state index in [2.05, 4.69) is 19.1 Å². The average molecular weight is 233 g/mol. The molecule has 2 aromatic rings.